The van der Waals surface area contributed by atoms with Crippen molar-refractivity contribution in [3.63, 3.8) is 0 Å². The maximum absolute atomic E-state index is 5.70. The highest BCUT2D eigenvalue weighted by Gasteiger charge is 2.07. The molecule has 0 unspecified atom stereocenters. The smallest absolute Gasteiger partial charge is 0.176 e. The second-order valence-corrected chi connectivity index (χ2v) is 5.21. The van der Waals surface area contributed by atoms with Crippen molar-refractivity contribution in [2.75, 3.05) is 12.8 Å². The Balaban J connectivity index is 2.20. The van der Waals surface area contributed by atoms with Crippen LogP contribution in [0.2, 0.25) is 0 Å². The lowest BCUT2D eigenvalue weighted by Gasteiger charge is -2.02. The van der Waals surface area contributed by atoms with Gasteiger partial charge in [0.1, 0.15) is 23.3 Å². The molecule has 0 radical (unpaired) electrons. The zero-order valence-electron chi connectivity index (χ0n) is 9.38. The van der Waals surface area contributed by atoms with Gasteiger partial charge < -0.3 is 10.5 Å². The number of hydrogen-bond donors (Lipinski definition) is 1. The Morgan fingerprint density at radius 1 is 1.41 bits per heavy atom. The number of methoxy groups -OCH3 is 1. The highest BCUT2D eigenvalue weighted by Crippen LogP contribution is 2.28. The number of ether oxygens (including phenoxy) is 1. The normalized spacial score (nSPS) is 10.7. The van der Waals surface area contributed by atoms with Crippen LogP contribution in [0.1, 0.15) is 11.6 Å². The van der Waals surface area contributed by atoms with Crippen molar-refractivity contribution in [3.8, 4) is 0 Å². The van der Waals surface area contributed by atoms with Crippen LogP contribution in [0.15, 0.2) is 15.4 Å². The molecule has 0 spiro atoms. The van der Waals surface area contributed by atoms with Gasteiger partial charge in [-0.2, -0.15) is 4.37 Å². The molecule has 0 saturated carbocycles. The molecule has 8 heteroatoms. The largest absolute Gasteiger partial charge is 0.384 e. The Bertz CT molecular complexity index is 516. The standard InChI is InChI=1S/C9H11N5OS2/c1-5-11-9(17-14-5)16-8-3-6(10)12-7(13-8)4-15-2/h3H,4H2,1-2H3,(H2,10,12,13). The van der Waals surface area contributed by atoms with E-state index in [-0.39, 0.29) is 0 Å². The first kappa shape index (κ1) is 12.2. The molecule has 0 amide bonds. The molecule has 2 heterocycles. The lowest BCUT2D eigenvalue weighted by Crippen LogP contribution is -2.01. The van der Waals surface area contributed by atoms with E-state index in [4.69, 9.17) is 10.5 Å². The van der Waals surface area contributed by atoms with E-state index in [1.165, 1.54) is 23.3 Å². The lowest BCUT2D eigenvalue weighted by molar-refractivity contribution is 0.177. The van der Waals surface area contributed by atoms with Gasteiger partial charge >= 0.3 is 0 Å². The molecule has 0 fully saturated rings. The Morgan fingerprint density at radius 3 is 2.88 bits per heavy atom. The molecule has 0 aliphatic heterocycles. The Morgan fingerprint density at radius 2 is 2.24 bits per heavy atom. The van der Waals surface area contributed by atoms with Crippen LogP contribution >= 0.6 is 23.3 Å². The molecular weight excluding hydrogens is 258 g/mol. The van der Waals surface area contributed by atoms with Crippen LogP contribution in [-0.4, -0.2) is 26.4 Å². The van der Waals surface area contributed by atoms with Crippen molar-refractivity contribution in [2.24, 2.45) is 0 Å². The summed E-state index contributed by atoms with van der Waals surface area (Å²) in [6.45, 7) is 2.19. The Labute approximate surface area is 107 Å². The van der Waals surface area contributed by atoms with E-state index in [1.54, 1.807) is 13.2 Å². The third-order valence-electron chi connectivity index (χ3n) is 1.74. The SMILES string of the molecule is COCc1nc(N)cc(Sc2nc(C)ns2)n1. The van der Waals surface area contributed by atoms with Crippen LogP contribution in [0.25, 0.3) is 0 Å². The number of aromatic nitrogens is 4. The van der Waals surface area contributed by atoms with E-state index in [1.807, 2.05) is 6.92 Å². The maximum Gasteiger partial charge on any atom is 0.176 e. The summed E-state index contributed by atoms with van der Waals surface area (Å²) < 4.78 is 9.92. The number of anilines is 1. The molecule has 2 rings (SSSR count). The molecule has 2 N–H and O–H groups in total. The quantitative estimate of drug-likeness (QED) is 0.842. The number of aryl methyl sites for hydroxylation is 1. The monoisotopic (exact) mass is 269 g/mol. The van der Waals surface area contributed by atoms with Crippen molar-refractivity contribution < 1.29 is 4.74 Å². The zero-order chi connectivity index (χ0) is 12.3. The van der Waals surface area contributed by atoms with E-state index in [0.29, 0.717) is 18.2 Å². The first-order chi connectivity index (χ1) is 8.17. The molecule has 0 aliphatic rings. The van der Waals surface area contributed by atoms with Gasteiger partial charge in [-0.25, -0.2) is 15.0 Å². The second-order valence-electron chi connectivity index (χ2n) is 3.19. The van der Waals surface area contributed by atoms with Crippen LogP contribution in [0, 0.1) is 6.92 Å². The van der Waals surface area contributed by atoms with Crippen LogP contribution in [0.5, 0.6) is 0 Å². The van der Waals surface area contributed by atoms with Gasteiger partial charge in [0.2, 0.25) is 0 Å². The first-order valence-corrected chi connectivity index (χ1v) is 6.37. The maximum atomic E-state index is 5.70. The summed E-state index contributed by atoms with van der Waals surface area (Å²) >= 11 is 2.76. The van der Waals surface area contributed by atoms with Gasteiger partial charge in [-0.05, 0) is 30.2 Å². The first-order valence-electron chi connectivity index (χ1n) is 4.78. The predicted molar refractivity (Wildman–Crippen MR) is 65.9 cm³/mol. The van der Waals surface area contributed by atoms with Gasteiger partial charge in [-0.3, -0.25) is 0 Å². The van der Waals surface area contributed by atoms with Crippen LogP contribution in [-0.2, 0) is 11.3 Å². The summed E-state index contributed by atoms with van der Waals surface area (Å²) in [5.41, 5.74) is 5.70. The second kappa shape index (κ2) is 5.39. The van der Waals surface area contributed by atoms with Gasteiger partial charge in [0.05, 0.1) is 0 Å². The molecule has 0 aromatic carbocycles. The minimum atomic E-state index is 0.341. The summed E-state index contributed by atoms with van der Waals surface area (Å²) in [7, 11) is 1.59. The molecular formula is C9H11N5OS2. The molecule has 0 aliphatic carbocycles. The zero-order valence-corrected chi connectivity index (χ0v) is 11.0. The van der Waals surface area contributed by atoms with Gasteiger partial charge in [-0.15, -0.1) is 0 Å². The summed E-state index contributed by atoms with van der Waals surface area (Å²) in [6.07, 6.45) is 0. The summed E-state index contributed by atoms with van der Waals surface area (Å²) in [5, 5.41) is 0.751. The minimum absolute atomic E-state index is 0.341. The van der Waals surface area contributed by atoms with Crippen LogP contribution < -0.4 is 5.73 Å². The minimum Gasteiger partial charge on any atom is -0.384 e. The number of nitrogens with two attached hydrogens (primary N) is 1. The molecule has 0 bridgehead atoms. The van der Waals surface area contributed by atoms with Crippen molar-refractivity contribution >= 4 is 29.1 Å². The molecule has 6 nitrogen and oxygen atoms in total. The van der Waals surface area contributed by atoms with E-state index in [9.17, 15) is 0 Å². The van der Waals surface area contributed by atoms with Gasteiger partial charge in [-0.1, -0.05) is 0 Å². The number of rotatable bonds is 4. The molecule has 2 aromatic heterocycles. The highest BCUT2D eigenvalue weighted by atomic mass is 32.2. The van der Waals surface area contributed by atoms with Crippen LogP contribution in [0.3, 0.4) is 0 Å². The summed E-state index contributed by atoms with van der Waals surface area (Å²) in [4.78, 5) is 12.6. The molecule has 90 valence electrons. The van der Waals surface area contributed by atoms with Crippen LogP contribution in [0.4, 0.5) is 5.82 Å². The van der Waals surface area contributed by atoms with Crippen molar-refractivity contribution in [3.05, 3.63) is 17.7 Å². The van der Waals surface area contributed by atoms with E-state index < -0.39 is 0 Å². The third kappa shape index (κ3) is 3.35. The number of nitrogen functional groups attached to an aromatic ring is 1. The van der Waals surface area contributed by atoms with Gasteiger partial charge in [0.25, 0.3) is 0 Å². The Hall–Kier alpha value is -1.25. The van der Waals surface area contributed by atoms with Gasteiger partial charge in [0, 0.05) is 13.2 Å². The fraction of sp³-hybridized carbons (Fsp3) is 0.333. The van der Waals surface area contributed by atoms with Gasteiger partial charge in [0.15, 0.2) is 10.2 Å². The predicted octanol–water partition coefficient (Wildman–Crippen LogP) is 1.52. The topological polar surface area (TPSA) is 86.8 Å². The fourth-order valence-corrected chi connectivity index (χ4v) is 2.78. The number of hydrogen-bond acceptors (Lipinski definition) is 8. The Kier molecular flexibility index (Phi) is 3.87. The number of nitrogens with zero attached hydrogens (tertiary/aromatic N) is 4. The lowest BCUT2D eigenvalue weighted by atomic mass is 10.5. The van der Waals surface area contributed by atoms with Crippen molar-refractivity contribution in [1.82, 2.24) is 19.3 Å². The summed E-state index contributed by atoms with van der Waals surface area (Å²) in [6, 6.07) is 1.71. The molecule has 17 heavy (non-hydrogen) atoms. The average Bonchev–Trinajstić information content (AvgIpc) is 2.63. The molecule has 0 atom stereocenters. The van der Waals surface area contributed by atoms with E-state index in [2.05, 4.69) is 19.3 Å². The van der Waals surface area contributed by atoms with E-state index in [0.717, 1.165) is 15.2 Å². The van der Waals surface area contributed by atoms with E-state index >= 15 is 0 Å². The fourth-order valence-electron chi connectivity index (χ4n) is 1.15. The molecule has 2 aromatic rings. The average molecular weight is 269 g/mol. The van der Waals surface area contributed by atoms with Crippen molar-refractivity contribution in [2.45, 2.75) is 22.9 Å². The highest BCUT2D eigenvalue weighted by molar-refractivity contribution is 8.00. The molecule has 0 saturated heterocycles. The van der Waals surface area contributed by atoms with Crippen molar-refractivity contribution in [1.29, 1.82) is 0 Å². The third-order valence-corrected chi connectivity index (χ3v) is 3.50. The summed E-state index contributed by atoms with van der Waals surface area (Å²) in [5.74, 6) is 1.75.